The van der Waals surface area contributed by atoms with Crippen molar-refractivity contribution < 1.29 is 5.32 Å². The zero-order valence-corrected chi connectivity index (χ0v) is 11.7. The van der Waals surface area contributed by atoms with Gasteiger partial charge in [-0.25, -0.2) is 0 Å². The van der Waals surface area contributed by atoms with Gasteiger partial charge in [0.15, 0.2) is 0 Å². The third-order valence-corrected chi connectivity index (χ3v) is 3.71. The molecule has 102 valence electrons. The van der Waals surface area contributed by atoms with Crippen molar-refractivity contribution in [2.24, 2.45) is 0 Å². The van der Waals surface area contributed by atoms with Gasteiger partial charge in [0.2, 0.25) is 0 Å². The number of hydrogen-bond acceptors (Lipinski definition) is 0. The van der Waals surface area contributed by atoms with E-state index in [1.165, 1.54) is 29.4 Å². The lowest BCUT2D eigenvalue weighted by atomic mass is 10.2. The zero-order chi connectivity index (χ0) is 13.6. The number of hydrogen-bond donors (Lipinski definition) is 1. The molecule has 1 heterocycles. The second-order valence-corrected chi connectivity index (χ2v) is 5.19. The highest BCUT2D eigenvalue weighted by Gasteiger charge is 2.00. The van der Waals surface area contributed by atoms with E-state index in [9.17, 15) is 0 Å². The van der Waals surface area contributed by atoms with Crippen LogP contribution in [0.25, 0.3) is 10.9 Å². The van der Waals surface area contributed by atoms with Gasteiger partial charge >= 0.3 is 0 Å². The molecule has 0 fully saturated rings. The zero-order valence-electron chi connectivity index (χ0n) is 11.7. The largest absolute Gasteiger partial charge is 0.347 e. The summed E-state index contributed by atoms with van der Waals surface area (Å²) in [5.41, 5.74) is 2.74. The van der Waals surface area contributed by atoms with Crippen molar-refractivity contribution in [2.45, 2.75) is 19.5 Å². The van der Waals surface area contributed by atoms with Gasteiger partial charge in [0.25, 0.3) is 0 Å². The van der Waals surface area contributed by atoms with Gasteiger partial charge in [0.1, 0.15) is 6.54 Å². The molecule has 0 aliphatic heterocycles. The molecule has 0 saturated heterocycles. The summed E-state index contributed by atoms with van der Waals surface area (Å²) in [5.74, 6) is 0. The smallest absolute Gasteiger partial charge is 0.101 e. The molecule has 3 aromatic rings. The predicted octanol–water partition coefficient (Wildman–Crippen LogP) is 2.80. The fraction of sp³-hybridized carbons (Fsp3) is 0.222. The highest BCUT2D eigenvalue weighted by molar-refractivity contribution is 5.79. The van der Waals surface area contributed by atoms with Crippen LogP contribution in [0, 0.1) is 0 Å². The van der Waals surface area contributed by atoms with Gasteiger partial charge in [-0.05, 0) is 17.5 Å². The molecule has 0 bridgehead atoms. The van der Waals surface area contributed by atoms with Crippen molar-refractivity contribution in [3.63, 3.8) is 0 Å². The molecule has 0 aliphatic rings. The van der Waals surface area contributed by atoms with Crippen molar-refractivity contribution in [2.75, 3.05) is 6.54 Å². The molecule has 2 heteroatoms. The molecule has 3 rings (SSSR count). The summed E-state index contributed by atoms with van der Waals surface area (Å²) >= 11 is 0. The summed E-state index contributed by atoms with van der Waals surface area (Å²) in [7, 11) is 0. The molecule has 2 nitrogen and oxygen atoms in total. The first-order chi connectivity index (χ1) is 9.93. The molecule has 0 spiro atoms. The van der Waals surface area contributed by atoms with E-state index in [4.69, 9.17) is 0 Å². The van der Waals surface area contributed by atoms with E-state index in [1.54, 1.807) is 0 Å². The molecule has 0 saturated carbocycles. The summed E-state index contributed by atoms with van der Waals surface area (Å²) in [6.07, 6.45) is 3.40. The fourth-order valence-electron chi connectivity index (χ4n) is 2.62. The third kappa shape index (κ3) is 3.09. The molecule has 0 radical (unpaired) electrons. The Morgan fingerprint density at radius 1 is 0.850 bits per heavy atom. The average Bonchev–Trinajstić information content (AvgIpc) is 2.91. The van der Waals surface area contributed by atoms with Crippen LogP contribution in [-0.4, -0.2) is 11.1 Å². The number of rotatable bonds is 6. The Kier molecular flexibility index (Phi) is 4.14. The molecule has 2 aromatic carbocycles. The van der Waals surface area contributed by atoms with Crippen molar-refractivity contribution in [3.8, 4) is 0 Å². The quantitative estimate of drug-likeness (QED) is 0.662. The number of nitrogens with two attached hydrogens (primary N) is 1. The topological polar surface area (TPSA) is 21.5 Å². The van der Waals surface area contributed by atoms with E-state index in [0.29, 0.717) is 0 Å². The van der Waals surface area contributed by atoms with Crippen LogP contribution >= 0.6 is 0 Å². The number of aryl methyl sites for hydroxylation is 1. The van der Waals surface area contributed by atoms with Crippen LogP contribution in [0.4, 0.5) is 0 Å². The highest BCUT2D eigenvalue weighted by Crippen LogP contribution is 2.14. The first kappa shape index (κ1) is 12.9. The monoisotopic (exact) mass is 265 g/mol. The van der Waals surface area contributed by atoms with E-state index < -0.39 is 0 Å². The molecule has 0 atom stereocenters. The number of nitrogens with zero attached hydrogens (tertiary/aromatic N) is 1. The lowest BCUT2D eigenvalue weighted by molar-refractivity contribution is -0.671. The second-order valence-electron chi connectivity index (χ2n) is 5.19. The Labute approximate surface area is 120 Å². The van der Waals surface area contributed by atoms with Crippen LogP contribution < -0.4 is 5.32 Å². The maximum atomic E-state index is 2.39. The van der Waals surface area contributed by atoms with Crippen LogP contribution in [0.3, 0.4) is 0 Å². The Bertz CT molecular complexity index is 655. The Hall–Kier alpha value is -2.06. The van der Waals surface area contributed by atoms with Crippen LogP contribution in [0.2, 0.25) is 0 Å². The first-order valence-electron chi connectivity index (χ1n) is 7.33. The van der Waals surface area contributed by atoms with E-state index >= 15 is 0 Å². The molecule has 20 heavy (non-hydrogen) atoms. The van der Waals surface area contributed by atoms with Gasteiger partial charge in [-0.1, -0.05) is 48.5 Å². The standard InChI is InChI=1S/C18H20N2/c1-2-7-16(8-3-1)15-19-12-6-13-20-14-11-17-9-4-5-10-18(17)20/h1-5,7-11,14,19H,6,12-13,15H2/p+1. The van der Waals surface area contributed by atoms with Crippen molar-refractivity contribution in [1.29, 1.82) is 0 Å². The Morgan fingerprint density at radius 3 is 2.55 bits per heavy atom. The minimum Gasteiger partial charge on any atom is -0.347 e. The van der Waals surface area contributed by atoms with E-state index in [1.807, 2.05) is 0 Å². The molecule has 0 unspecified atom stereocenters. The minimum atomic E-state index is 1.08. The normalized spacial score (nSPS) is 11.0. The number of quaternary nitrogens is 1. The van der Waals surface area contributed by atoms with Gasteiger partial charge in [-0.2, -0.15) is 0 Å². The van der Waals surface area contributed by atoms with Crippen LogP contribution in [0.15, 0.2) is 66.9 Å². The van der Waals surface area contributed by atoms with Crippen LogP contribution in [0.1, 0.15) is 12.0 Å². The van der Waals surface area contributed by atoms with Crippen LogP contribution in [0.5, 0.6) is 0 Å². The fourth-order valence-corrected chi connectivity index (χ4v) is 2.62. The maximum Gasteiger partial charge on any atom is 0.101 e. The van der Waals surface area contributed by atoms with Crippen molar-refractivity contribution in [3.05, 3.63) is 72.4 Å². The Morgan fingerprint density at radius 2 is 1.65 bits per heavy atom. The van der Waals surface area contributed by atoms with E-state index in [2.05, 4.69) is 76.7 Å². The molecule has 0 amide bonds. The predicted molar refractivity (Wildman–Crippen MR) is 83.5 cm³/mol. The summed E-state index contributed by atoms with van der Waals surface area (Å²) in [4.78, 5) is 0. The highest BCUT2D eigenvalue weighted by atomic mass is 15.0. The van der Waals surface area contributed by atoms with Gasteiger partial charge in [0, 0.05) is 30.2 Å². The van der Waals surface area contributed by atoms with E-state index in [-0.39, 0.29) is 0 Å². The maximum absolute atomic E-state index is 2.39. The van der Waals surface area contributed by atoms with Gasteiger partial charge < -0.3 is 9.88 Å². The summed E-state index contributed by atoms with van der Waals surface area (Å²) in [5, 5.41) is 3.72. The first-order valence-corrected chi connectivity index (χ1v) is 7.33. The number of benzene rings is 2. The average molecular weight is 265 g/mol. The third-order valence-electron chi connectivity index (χ3n) is 3.71. The molecule has 0 aliphatic carbocycles. The van der Waals surface area contributed by atoms with Crippen molar-refractivity contribution >= 4 is 10.9 Å². The number of fused-ring (bicyclic) bond motifs is 1. The SMILES string of the molecule is c1ccc(C[NH2+]CCCn2ccc3ccccc32)cc1. The summed E-state index contributed by atoms with van der Waals surface area (Å²) in [6, 6.07) is 21.4. The number of para-hydroxylation sites is 1. The number of aromatic nitrogens is 1. The second kappa shape index (κ2) is 6.40. The Balaban J connectivity index is 1.46. The molecular formula is C18H21N2+. The summed E-state index contributed by atoms with van der Waals surface area (Å²) in [6.45, 7) is 3.34. The van der Waals surface area contributed by atoms with E-state index in [0.717, 1.165) is 13.1 Å². The van der Waals surface area contributed by atoms with Gasteiger partial charge in [-0.15, -0.1) is 0 Å². The molecular weight excluding hydrogens is 244 g/mol. The summed E-state index contributed by atoms with van der Waals surface area (Å²) < 4.78 is 2.35. The van der Waals surface area contributed by atoms with Gasteiger partial charge in [0.05, 0.1) is 6.54 Å². The minimum absolute atomic E-state index is 1.08. The van der Waals surface area contributed by atoms with Crippen molar-refractivity contribution in [1.82, 2.24) is 4.57 Å². The molecule has 2 N–H and O–H groups in total. The van der Waals surface area contributed by atoms with Gasteiger partial charge in [-0.3, -0.25) is 0 Å². The lowest BCUT2D eigenvalue weighted by Gasteiger charge is -2.05. The van der Waals surface area contributed by atoms with Crippen LogP contribution in [-0.2, 0) is 13.1 Å². The molecule has 1 aromatic heterocycles. The lowest BCUT2D eigenvalue weighted by Crippen LogP contribution is -2.82.